The third-order valence-corrected chi connectivity index (χ3v) is 5.55. The van der Waals surface area contributed by atoms with Crippen LogP contribution in [-0.4, -0.2) is 36.4 Å². The summed E-state index contributed by atoms with van der Waals surface area (Å²) < 4.78 is 5.43. The van der Waals surface area contributed by atoms with Crippen molar-refractivity contribution in [3.63, 3.8) is 0 Å². The lowest BCUT2D eigenvalue weighted by atomic mass is 10.1. The Bertz CT molecular complexity index is 676. The fourth-order valence-corrected chi connectivity index (χ4v) is 4.14. The van der Waals surface area contributed by atoms with Crippen molar-refractivity contribution in [2.24, 2.45) is 0 Å². The van der Waals surface area contributed by atoms with Crippen molar-refractivity contribution in [1.82, 2.24) is 4.90 Å². The minimum atomic E-state index is -0.0292. The number of nitrogens with one attached hydrogen (secondary N) is 1. The van der Waals surface area contributed by atoms with E-state index in [0.717, 1.165) is 36.7 Å². The van der Waals surface area contributed by atoms with E-state index >= 15 is 0 Å². The Morgan fingerprint density at radius 1 is 1.16 bits per heavy atom. The SMILES string of the molecule is CCOc1ccc(NC(=O)N2CCSC(c3ccccc3)CC2)cc1. The number of urea groups is 1. The normalized spacial score (nSPS) is 17.6. The van der Waals surface area contributed by atoms with Crippen LogP contribution in [0.5, 0.6) is 5.75 Å². The maximum absolute atomic E-state index is 12.5. The molecule has 1 aliphatic rings. The smallest absolute Gasteiger partial charge is 0.321 e. The average Bonchev–Trinajstić information content (AvgIpc) is 2.91. The molecule has 1 saturated heterocycles. The van der Waals surface area contributed by atoms with Crippen LogP contribution in [0.1, 0.15) is 24.2 Å². The van der Waals surface area contributed by atoms with E-state index in [1.165, 1.54) is 5.56 Å². The van der Waals surface area contributed by atoms with E-state index in [2.05, 4.69) is 29.6 Å². The summed E-state index contributed by atoms with van der Waals surface area (Å²) in [5.74, 6) is 1.77. The van der Waals surface area contributed by atoms with E-state index in [4.69, 9.17) is 4.74 Å². The second-order valence-electron chi connectivity index (χ2n) is 5.93. The molecule has 132 valence electrons. The highest BCUT2D eigenvalue weighted by Gasteiger charge is 2.22. The van der Waals surface area contributed by atoms with Gasteiger partial charge in [-0.2, -0.15) is 11.8 Å². The molecule has 0 aromatic heterocycles. The van der Waals surface area contributed by atoms with E-state index in [9.17, 15) is 4.79 Å². The molecule has 4 nitrogen and oxygen atoms in total. The average molecular weight is 356 g/mol. The monoisotopic (exact) mass is 356 g/mol. The quantitative estimate of drug-likeness (QED) is 0.856. The molecule has 1 heterocycles. The Balaban J connectivity index is 1.56. The predicted octanol–water partition coefficient (Wildman–Crippen LogP) is 4.80. The Morgan fingerprint density at radius 3 is 2.64 bits per heavy atom. The number of carbonyl (C=O) groups excluding carboxylic acids is 1. The zero-order valence-electron chi connectivity index (χ0n) is 14.5. The number of nitrogens with zero attached hydrogens (tertiary/aromatic N) is 1. The van der Waals surface area contributed by atoms with Crippen molar-refractivity contribution >= 4 is 23.5 Å². The van der Waals surface area contributed by atoms with Gasteiger partial charge in [-0.3, -0.25) is 0 Å². The number of hydrogen-bond acceptors (Lipinski definition) is 3. The summed E-state index contributed by atoms with van der Waals surface area (Å²) >= 11 is 1.93. The standard InChI is InChI=1S/C20H24N2O2S/c1-2-24-18-10-8-17(9-11-18)21-20(23)22-13-12-19(25-15-14-22)16-6-4-3-5-7-16/h3-11,19H,2,12-15H2,1H3,(H,21,23). The molecule has 0 radical (unpaired) electrons. The highest BCUT2D eigenvalue weighted by Crippen LogP contribution is 2.34. The van der Waals surface area contributed by atoms with E-state index in [-0.39, 0.29) is 6.03 Å². The summed E-state index contributed by atoms with van der Waals surface area (Å²) in [6.07, 6.45) is 0.978. The van der Waals surface area contributed by atoms with E-state index in [1.54, 1.807) is 0 Å². The summed E-state index contributed by atoms with van der Waals surface area (Å²) in [5.41, 5.74) is 2.14. The third kappa shape index (κ3) is 4.92. The number of carbonyl (C=O) groups is 1. The maximum Gasteiger partial charge on any atom is 0.321 e. The highest BCUT2D eigenvalue weighted by atomic mass is 32.2. The van der Waals surface area contributed by atoms with Crippen molar-refractivity contribution < 1.29 is 9.53 Å². The second-order valence-corrected chi connectivity index (χ2v) is 7.24. The molecular weight excluding hydrogens is 332 g/mol. The van der Waals surface area contributed by atoms with Gasteiger partial charge in [-0.1, -0.05) is 30.3 Å². The molecule has 25 heavy (non-hydrogen) atoms. The van der Waals surface area contributed by atoms with Gasteiger partial charge < -0.3 is 15.0 Å². The first-order valence-corrected chi connectivity index (χ1v) is 9.76. The number of hydrogen-bond donors (Lipinski definition) is 1. The molecule has 1 N–H and O–H groups in total. The van der Waals surface area contributed by atoms with Gasteiger partial charge in [0.05, 0.1) is 6.61 Å². The highest BCUT2D eigenvalue weighted by molar-refractivity contribution is 7.99. The van der Waals surface area contributed by atoms with Crippen molar-refractivity contribution in [2.45, 2.75) is 18.6 Å². The molecule has 2 aromatic carbocycles. The van der Waals surface area contributed by atoms with Gasteiger partial charge in [0.2, 0.25) is 0 Å². The van der Waals surface area contributed by atoms with Gasteiger partial charge in [0.25, 0.3) is 0 Å². The van der Waals surface area contributed by atoms with Gasteiger partial charge in [0.1, 0.15) is 5.75 Å². The van der Waals surface area contributed by atoms with Crippen LogP contribution in [0.25, 0.3) is 0 Å². The van der Waals surface area contributed by atoms with Crippen LogP contribution in [-0.2, 0) is 0 Å². The lowest BCUT2D eigenvalue weighted by Gasteiger charge is -2.21. The molecule has 0 bridgehead atoms. The van der Waals surface area contributed by atoms with Gasteiger partial charge in [0.15, 0.2) is 0 Å². The molecule has 2 aromatic rings. The Labute approximate surface area is 153 Å². The molecule has 1 unspecified atom stereocenters. The molecule has 1 aliphatic heterocycles. The summed E-state index contributed by atoms with van der Waals surface area (Å²) in [4.78, 5) is 14.5. The number of rotatable bonds is 4. The van der Waals surface area contributed by atoms with Gasteiger partial charge in [-0.05, 0) is 43.2 Å². The van der Waals surface area contributed by atoms with E-state index in [1.807, 2.05) is 53.9 Å². The first kappa shape index (κ1) is 17.7. The molecule has 0 spiro atoms. The fourth-order valence-electron chi connectivity index (χ4n) is 2.91. The predicted molar refractivity (Wildman–Crippen MR) is 104 cm³/mol. The van der Waals surface area contributed by atoms with Gasteiger partial charge in [-0.15, -0.1) is 0 Å². The van der Waals surface area contributed by atoms with E-state index < -0.39 is 0 Å². The molecular formula is C20H24N2O2S. The number of thioether (sulfide) groups is 1. The van der Waals surface area contributed by atoms with E-state index in [0.29, 0.717) is 11.9 Å². The van der Waals surface area contributed by atoms with Gasteiger partial charge in [0, 0.05) is 29.8 Å². The topological polar surface area (TPSA) is 41.6 Å². The largest absolute Gasteiger partial charge is 0.494 e. The molecule has 3 rings (SSSR count). The lowest BCUT2D eigenvalue weighted by Crippen LogP contribution is -2.36. The molecule has 5 heteroatoms. The number of anilines is 1. The third-order valence-electron chi connectivity index (χ3n) is 4.22. The molecule has 1 atom stereocenters. The maximum atomic E-state index is 12.5. The molecule has 0 aliphatic carbocycles. The van der Waals surface area contributed by atoms with Crippen molar-refractivity contribution in [2.75, 3.05) is 30.8 Å². The second kappa shape index (κ2) is 8.81. The van der Waals surface area contributed by atoms with Crippen LogP contribution in [0.15, 0.2) is 54.6 Å². The number of amides is 2. The van der Waals surface area contributed by atoms with Gasteiger partial charge >= 0.3 is 6.03 Å². The van der Waals surface area contributed by atoms with Crippen LogP contribution in [0.3, 0.4) is 0 Å². The Hall–Kier alpha value is -2.14. The van der Waals surface area contributed by atoms with Crippen LogP contribution >= 0.6 is 11.8 Å². The Kier molecular flexibility index (Phi) is 6.23. The first-order chi connectivity index (χ1) is 12.3. The fraction of sp³-hybridized carbons (Fsp3) is 0.350. The minimum absolute atomic E-state index is 0.0292. The zero-order chi connectivity index (χ0) is 17.5. The van der Waals surface area contributed by atoms with Crippen LogP contribution < -0.4 is 10.1 Å². The van der Waals surface area contributed by atoms with Crippen molar-refractivity contribution in [1.29, 1.82) is 0 Å². The number of benzene rings is 2. The minimum Gasteiger partial charge on any atom is -0.494 e. The van der Waals surface area contributed by atoms with Crippen LogP contribution in [0, 0.1) is 0 Å². The van der Waals surface area contributed by atoms with Crippen molar-refractivity contribution in [3.05, 3.63) is 60.2 Å². The number of ether oxygens (including phenoxy) is 1. The summed E-state index contributed by atoms with van der Waals surface area (Å²) in [5, 5.41) is 3.45. The molecule has 2 amide bonds. The summed E-state index contributed by atoms with van der Waals surface area (Å²) in [7, 11) is 0. The Morgan fingerprint density at radius 2 is 1.92 bits per heavy atom. The van der Waals surface area contributed by atoms with Crippen molar-refractivity contribution in [3.8, 4) is 5.75 Å². The zero-order valence-corrected chi connectivity index (χ0v) is 15.3. The van der Waals surface area contributed by atoms with Crippen LogP contribution in [0.4, 0.5) is 10.5 Å². The molecule has 1 fully saturated rings. The summed E-state index contributed by atoms with van der Waals surface area (Å²) in [6, 6.07) is 18.0. The van der Waals surface area contributed by atoms with Crippen LogP contribution in [0.2, 0.25) is 0 Å². The molecule has 0 saturated carbocycles. The lowest BCUT2D eigenvalue weighted by molar-refractivity contribution is 0.215. The first-order valence-electron chi connectivity index (χ1n) is 8.71. The summed E-state index contributed by atoms with van der Waals surface area (Å²) in [6.45, 7) is 4.14. The van der Waals surface area contributed by atoms with Gasteiger partial charge in [-0.25, -0.2) is 4.79 Å².